The lowest BCUT2D eigenvalue weighted by atomic mass is 10.2. The summed E-state index contributed by atoms with van der Waals surface area (Å²) in [5, 5.41) is 0. The van der Waals surface area contributed by atoms with Gasteiger partial charge >= 0.3 is 0 Å². The van der Waals surface area contributed by atoms with E-state index in [1.54, 1.807) is 12.4 Å². The Morgan fingerprint density at radius 1 is 0.750 bits per heavy atom. The number of aromatic nitrogens is 2. The van der Waals surface area contributed by atoms with Crippen LogP contribution in [0.4, 0.5) is 0 Å². The fraction of sp³-hybridized carbons (Fsp3) is 0.111. The smallest absolute Gasteiger partial charge is 0.241 e. The highest BCUT2D eigenvalue weighted by Crippen LogP contribution is 2.29. The molecule has 3 aromatic rings. The summed E-state index contributed by atoms with van der Waals surface area (Å²) in [4.78, 5) is 8.53. The number of nitrogens with zero attached hydrogens (tertiary/aromatic N) is 2. The molecule has 0 radical (unpaired) electrons. The Hall–Kier alpha value is -1.42. The van der Waals surface area contributed by atoms with Gasteiger partial charge in [0.1, 0.15) is 11.5 Å². The van der Waals surface area contributed by atoms with E-state index in [0.29, 0.717) is 11.8 Å². The fourth-order valence-corrected chi connectivity index (χ4v) is 3.59. The van der Waals surface area contributed by atoms with Crippen molar-refractivity contribution in [1.82, 2.24) is 9.97 Å². The van der Waals surface area contributed by atoms with Gasteiger partial charge in [0.15, 0.2) is 0 Å². The molecule has 6 heteroatoms. The number of aryl methyl sites for hydroxylation is 2. The summed E-state index contributed by atoms with van der Waals surface area (Å²) in [6, 6.07) is 12.0. The summed E-state index contributed by atoms with van der Waals surface area (Å²) in [6.07, 6.45) is 3.14. The van der Waals surface area contributed by atoms with Crippen molar-refractivity contribution in [1.29, 1.82) is 0 Å². The molecule has 0 amide bonds. The average molecular weight is 544 g/mol. The van der Waals surface area contributed by atoms with Crippen LogP contribution < -0.4 is 9.47 Å². The third kappa shape index (κ3) is 4.35. The van der Waals surface area contributed by atoms with Gasteiger partial charge in [0.05, 0.1) is 19.5 Å². The minimum absolute atomic E-state index is 0.399. The highest BCUT2D eigenvalue weighted by molar-refractivity contribution is 14.1. The first-order valence-corrected chi connectivity index (χ1v) is 9.37. The molecule has 1 heterocycles. The summed E-state index contributed by atoms with van der Waals surface area (Å²) in [5.41, 5.74) is 2.37. The summed E-state index contributed by atoms with van der Waals surface area (Å²) < 4.78 is 13.7. The van der Waals surface area contributed by atoms with Crippen molar-refractivity contribution in [3.05, 3.63) is 67.1 Å². The van der Waals surface area contributed by atoms with Gasteiger partial charge < -0.3 is 9.47 Å². The van der Waals surface area contributed by atoms with Crippen molar-refractivity contribution in [2.75, 3.05) is 0 Å². The third-order valence-corrected chi connectivity index (χ3v) is 4.88. The van der Waals surface area contributed by atoms with Gasteiger partial charge in [-0.1, -0.05) is 12.1 Å². The highest BCUT2D eigenvalue weighted by atomic mass is 127. The number of halogens is 2. The fourth-order valence-electron chi connectivity index (χ4n) is 2.03. The first-order valence-electron chi connectivity index (χ1n) is 7.21. The van der Waals surface area contributed by atoms with Gasteiger partial charge in [-0.25, -0.2) is 0 Å². The van der Waals surface area contributed by atoms with E-state index in [-0.39, 0.29) is 0 Å². The summed E-state index contributed by atoms with van der Waals surface area (Å²) >= 11 is 4.48. The first-order chi connectivity index (χ1) is 11.5. The number of benzene rings is 2. The molecule has 0 saturated heterocycles. The van der Waals surface area contributed by atoms with Crippen molar-refractivity contribution in [3.63, 3.8) is 0 Å². The van der Waals surface area contributed by atoms with Crippen molar-refractivity contribution < 1.29 is 9.47 Å². The van der Waals surface area contributed by atoms with Crippen molar-refractivity contribution in [2.24, 2.45) is 0 Å². The third-order valence-electron chi connectivity index (χ3n) is 3.19. The Labute approximate surface area is 167 Å². The molecule has 0 aliphatic carbocycles. The number of hydrogen-bond acceptors (Lipinski definition) is 4. The number of hydrogen-bond donors (Lipinski definition) is 0. The standard InChI is InChI=1S/C18H14I2N2O2/c1-11-3-5-15(13(19)7-11)23-17-9-21-10-18(22-17)24-16-6-4-12(2)8-14(16)20/h3-10H,1-2H3. The predicted molar refractivity (Wildman–Crippen MR) is 110 cm³/mol. The van der Waals surface area contributed by atoms with Crippen LogP contribution >= 0.6 is 45.2 Å². The van der Waals surface area contributed by atoms with E-state index in [0.717, 1.165) is 18.6 Å². The molecule has 0 aliphatic heterocycles. The van der Waals surface area contributed by atoms with Gasteiger partial charge in [0.25, 0.3) is 0 Å². The maximum absolute atomic E-state index is 5.83. The second-order valence-corrected chi connectivity index (χ2v) is 7.59. The zero-order chi connectivity index (χ0) is 17.1. The zero-order valence-electron chi connectivity index (χ0n) is 13.1. The monoisotopic (exact) mass is 544 g/mol. The van der Waals surface area contributed by atoms with Crippen molar-refractivity contribution in [3.8, 4) is 23.3 Å². The maximum atomic E-state index is 5.83. The summed E-state index contributed by atoms with van der Waals surface area (Å²) in [5.74, 6) is 2.29. The molecule has 0 spiro atoms. The van der Waals surface area contributed by atoms with Gasteiger partial charge in [-0.3, -0.25) is 4.98 Å². The molecule has 4 nitrogen and oxygen atoms in total. The van der Waals surface area contributed by atoms with Crippen LogP contribution in [0.3, 0.4) is 0 Å². The van der Waals surface area contributed by atoms with E-state index in [2.05, 4.69) is 67.3 Å². The quantitative estimate of drug-likeness (QED) is 0.385. The molecule has 0 atom stereocenters. The minimum atomic E-state index is 0.399. The summed E-state index contributed by atoms with van der Waals surface area (Å²) in [7, 11) is 0. The Morgan fingerprint density at radius 3 is 1.62 bits per heavy atom. The van der Waals surface area contributed by atoms with Gasteiger partial charge in [0.2, 0.25) is 11.8 Å². The van der Waals surface area contributed by atoms with E-state index in [1.807, 2.05) is 38.1 Å². The molecular formula is C18H14I2N2O2. The first kappa shape index (κ1) is 17.4. The molecule has 3 rings (SSSR count). The van der Waals surface area contributed by atoms with E-state index in [1.165, 1.54) is 11.1 Å². The Morgan fingerprint density at radius 2 is 1.21 bits per heavy atom. The van der Waals surface area contributed by atoms with Crippen molar-refractivity contribution in [2.45, 2.75) is 13.8 Å². The van der Waals surface area contributed by atoms with E-state index >= 15 is 0 Å². The molecule has 24 heavy (non-hydrogen) atoms. The topological polar surface area (TPSA) is 44.2 Å². The largest absolute Gasteiger partial charge is 0.436 e. The molecule has 0 N–H and O–H groups in total. The van der Waals surface area contributed by atoms with Crippen molar-refractivity contribution >= 4 is 45.2 Å². The van der Waals surface area contributed by atoms with Crippen LogP contribution in [0, 0.1) is 21.0 Å². The Bertz CT molecular complexity index is 816. The number of rotatable bonds is 4. The van der Waals surface area contributed by atoms with E-state index < -0.39 is 0 Å². The molecule has 122 valence electrons. The van der Waals surface area contributed by atoms with Gasteiger partial charge in [-0.05, 0) is 94.4 Å². The van der Waals surface area contributed by atoms with Gasteiger partial charge in [0, 0.05) is 0 Å². The average Bonchev–Trinajstić information content (AvgIpc) is 2.53. The minimum Gasteiger partial charge on any atom is -0.436 e. The van der Waals surface area contributed by atoms with E-state index in [4.69, 9.17) is 9.47 Å². The van der Waals surface area contributed by atoms with Crippen LogP contribution in [0.15, 0.2) is 48.8 Å². The van der Waals surface area contributed by atoms with Gasteiger partial charge in [-0.2, -0.15) is 4.98 Å². The van der Waals surface area contributed by atoms with Crippen LogP contribution in [0.25, 0.3) is 0 Å². The lowest BCUT2D eigenvalue weighted by Gasteiger charge is -2.10. The molecular weight excluding hydrogens is 530 g/mol. The second kappa shape index (κ2) is 7.64. The molecule has 0 unspecified atom stereocenters. The predicted octanol–water partition coefficient (Wildman–Crippen LogP) is 5.89. The maximum Gasteiger partial charge on any atom is 0.241 e. The number of ether oxygens (including phenoxy) is 2. The lowest BCUT2D eigenvalue weighted by Crippen LogP contribution is -1.95. The Balaban J connectivity index is 1.81. The molecule has 0 fully saturated rings. The zero-order valence-corrected chi connectivity index (χ0v) is 17.4. The SMILES string of the molecule is Cc1ccc(Oc2cncc(Oc3ccc(C)cc3I)n2)c(I)c1. The normalized spacial score (nSPS) is 10.5. The molecule has 1 aromatic heterocycles. The van der Waals surface area contributed by atoms with Gasteiger partial charge in [-0.15, -0.1) is 0 Å². The molecule has 0 aliphatic rings. The van der Waals surface area contributed by atoms with E-state index in [9.17, 15) is 0 Å². The summed E-state index contributed by atoms with van der Waals surface area (Å²) in [6.45, 7) is 4.09. The van der Waals surface area contributed by atoms with Crippen LogP contribution in [-0.4, -0.2) is 9.97 Å². The second-order valence-electron chi connectivity index (χ2n) is 5.27. The van der Waals surface area contributed by atoms with Crippen LogP contribution in [-0.2, 0) is 0 Å². The van der Waals surface area contributed by atoms with Crippen LogP contribution in [0.5, 0.6) is 23.3 Å². The molecule has 0 saturated carbocycles. The van der Waals surface area contributed by atoms with Crippen LogP contribution in [0.1, 0.15) is 11.1 Å². The van der Waals surface area contributed by atoms with Crippen LogP contribution in [0.2, 0.25) is 0 Å². The molecule has 2 aromatic carbocycles. The molecule has 0 bridgehead atoms. The Kier molecular flexibility index (Phi) is 5.54. The highest BCUT2D eigenvalue weighted by Gasteiger charge is 2.08. The lowest BCUT2D eigenvalue weighted by molar-refractivity contribution is 0.419.